The Morgan fingerprint density at radius 2 is 2.11 bits per heavy atom. The predicted octanol–water partition coefficient (Wildman–Crippen LogP) is 4.05. The second kappa shape index (κ2) is 7.79. The predicted molar refractivity (Wildman–Crippen MR) is 73.7 cm³/mol. The SMILES string of the molecule is CCOC(=O)Cc1cc(CBr)cc(OC(F)F)c1Br. The van der Waals surface area contributed by atoms with Gasteiger partial charge in [0, 0.05) is 5.33 Å². The van der Waals surface area contributed by atoms with Gasteiger partial charge in [-0.15, -0.1) is 0 Å². The summed E-state index contributed by atoms with van der Waals surface area (Å²) in [6.45, 7) is -0.945. The lowest BCUT2D eigenvalue weighted by molar-refractivity contribution is -0.142. The van der Waals surface area contributed by atoms with Crippen LogP contribution in [0.4, 0.5) is 8.78 Å². The van der Waals surface area contributed by atoms with E-state index in [4.69, 9.17) is 4.74 Å². The molecule has 7 heteroatoms. The van der Waals surface area contributed by atoms with Crippen molar-refractivity contribution in [2.75, 3.05) is 6.61 Å². The fourth-order valence-corrected chi connectivity index (χ4v) is 2.26. The van der Waals surface area contributed by atoms with Crippen LogP contribution in [0, 0.1) is 0 Å². The molecule has 3 nitrogen and oxygen atoms in total. The van der Waals surface area contributed by atoms with Crippen LogP contribution in [0.25, 0.3) is 0 Å². The highest BCUT2D eigenvalue weighted by Crippen LogP contribution is 2.33. The van der Waals surface area contributed by atoms with E-state index >= 15 is 0 Å². The van der Waals surface area contributed by atoms with Gasteiger partial charge < -0.3 is 9.47 Å². The molecule has 0 radical (unpaired) electrons. The molecule has 106 valence electrons. The van der Waals surface area contributed by atoms with Crippen molar-refractivity contribution in [2.24, 2.45) is 0 Å². The lowest BCUT2D eigenvalue weighted by Gasteiger charge is -2.12. The van der Waals surface area contributed by atoms with Crippen molar-refractivity contribution >= 4 is 37.8 Å². The zero-order valence-electron chi connectivity index (χ0n) is 10.1. The zero-order valence-corrected chi connectivity index (χ0v) is 13.3. The molecule has 0 bridgehead atoms. The van der Waals surface area contributed by atoms with Gasteiger partial charge >= 0.3 is 12.6 Å². The summed E-state index contributed by atoms with van der Waals surface area (Å²) in [5, 5.41) is 0.468. The Bertz CT molecular complexity index is 453. The molecular formula is C12H12Br2F2O3. The smallest absolute Gasteiger partial charge is 0.387 e. The summed E-state index contributed by atoms with van der Waals surface area (Å²) in [7, 11) is 0. The highest BCUT2D eigenvalue weighted by atomic mass is 79.9. The molecule has 0 aliphatic rings. The fraction of sp³-hybridized carbons (Fsp3) is 0.417. The number of esters is 1. The third-order valence-electron chi connectivity index (χ3n) is 2.18. The normalized spacial score (nSPS) is 10.6. The van der Waals surface area contributed by atoms with Gasteiger partial charge in [0.15, 0.2) is 0 Å². The van der Waals surface area contributed by atoms with Crippen LogP contribution in [0.5, 0.6) is 5.75 Å². The third-order valence-corrected chi connectivity index (χ3v) is 3.73. The van der Waals surface area contributed by atoms with Crippen LogP contribution in [0.1, 0.15) is 18.1 Å². The van der Waals surface area contributed by atoms with E-state index in [1.54, 1.807) is 13.0 Å². The maximum absolute atomic E-state index is 12.3. The van der Waals surface area contributed by atoms with Gasteiger partial charge in [0.25, 0.3) is 0 Å². The fourth-order valence-electron chi connectivity index (χ4n) is 1.47. The number of alkyl halides is 3. The quantitative estimate of drug-likeness (QED) is 0.532. The van der Waals surface area contributed by atoms with Crippen LogP contribution in [-0.2, 0) is 21.3 Å². The summed E-state index contributed by atoms with van der Waals surface area (Å²) in [5.74, 6) is -0.413. The number of halogens is 4. The van der Waals surface area contributed by atoms with E-state index in [1.165, 1.54) is 6.07 Å². The number of rotatable bonds is 6. The summed E-state index contributed by atoms with van der Waals surface area (Å²) in [4.78, 5) is 11.5. The molecule has 0 atom stereocenters. The minimum absolute atomic E-state index is 0.00510. The van der Waals surface area contributed by atoms with E-state index in [2.05, 4.69) is 36.6 Å². The molecule has 0 heterocycles. The summed E-state index contributed by atoms with van der Waals surface area (Å²) in [5.41, 5.74) is 1.28. The van der Waals surface area contributed by atoms with Gasteiger partial charge in [-0.2, -0.15) is 8.78 Å². The number of carbonyl (C=O) groups excluding carboxylic acids is 1. The topological polar surface area (TPSA) is 35.5 Å². The van der Waals surface area contributed by atoms with E-state index in [9.17, 15) is 13.6 Å². The summed E-state index contributed by atoms with van der Waals surface area (Å²) >= 11 is 6.41. The molecule has 0 amide bonds. The molecule has 0 aliphatic carbocycles. The van der Waals surface area contributed by atoms with E-state index in [0.29, 0.717) is 15.4 Å². The van der Waals surface area contributed by atoms with Crippen molar-refractivity contribution < 1.29 is 23.0 Å². The van der Waals surface area contributed by atoms with Gasteiger partial charge in [-0.3, -0.25) is 4.79 Å². The van der Waals surface area contributed by atoms with Crippen molar-refractivity contribution in [3.63, 3.8) is 0 Å². The average Bonchev–Trinajstić information content (AvgIpc) is 2.33. The van der Waals surface area contributed by atoms with Gasteiger partial charge in [-0.1, -0.05) is 22.0 Å². The second-order valence-corrected chi connectivity index (χ2v) is 4.91. The number of carbonyl (C=O) groups is 1. The number of hydrogen-bond acceptors (Lipinski definition) is 3. The molecule has 0 unspecified atom stereocenters. The molecule has 0 aliphatic heterocycles. The number of ether oxygens (including phenoxy) is 2. The molecule has 0 saturated heterocycles. The zero-order chi connectivity index (χ0) is 14.4. The summed E-state index contributed by atoms with van der Waals surface area (Å²) in [6.07, 6.45) is -0.00510. The molecule has 1 aromatic rings. The maximum Gasteiger partial charge on any atom is 0.387 e. The highest BCUT2D eigenvalue weighted by molar-refractivity contribution is 9.10. The molecule has 1 rings (SSSR count). The van der Waals surface area contributed by atoms with Gasteiger partial charge in [-0.25, -0.2) is 0 Å². The lowest BCUT2D eigenvalue weighted by atomic mass is 10.1. The standard InChI is InChI=1S/C12H12Br2F2O3/c1-2-18-10(17)5-8-3-7(6-13)4-9(11(8)14)19-12(15)16/h3-4,12H,2,5-6H2,1H3. The van der Waals surface area contributed by atoms with Gasteiger partial charge in [0.05, 0.1) is 17.5 Å². The molecule has 0 N–H and O–H groups in total. The Kier molecular flexibility index (Phi) is 6.71. The van der Waals surface area contributed by atoms with E-state index in [1.807, 2.05) is 0 Å². The monoisotopic (exact) mass is 400 g/mol. The summed E-state index contributed by atoms with van der Waals surface area (Å²) < 4.78 is 34.2. The second-order valence-electron chi connectivity index (χ2n) is 3.56. The van der Waals surface area contributed by atoms with Gasteiger partial charge in [0.2, 0.25) is 0 Å². The van der Waals surface area contributed by atoms with Gasteiger partial charge in [-0.05, 0) is 40.0 Å². The number of benzene rings is 1. The van der Waals surface area contributed by atoms with E-state index in [-0.39, 0.29) is 18.8 Å². The Balaban J connectivity index is 3.04. The maximum atomic E-state index is 12.3. The molecule has 0 spiro atoms. The van der Waals surface area contributed by atoms with Crippen LogP contribution in [0.15, 0.2) is 16.6 Å². The Hall–Kier alpha value is -0.690. The Morgan fingerprint density at radius 3 is 2.63 bits per heavy atom. The molecule has 0 saturated carbocycles. The first-order valence-corrected chi connectivity index (χ1v) is 7.37. The van der Waals surface area contributed by atoms with Crippen molar-refractivity contribution in [3.05, 3.63) is 27.7 Å². The van der Waals surface area contributed by atoms with E-state index < -0.39 is 12.6 Å². The van der Waals surface area contributed by atoms with Crippen molar-refractivity contribution in [1.82, 2.24) is 0 Å². The highest BCUT2D eigenvalue weighted by Gasteiger charge is 2.16. The van der Waals surface area contributed by atoms with Crippen LogP contribution in [0.3, 0.4) is 0 Å². The molecular weight excluding hydrogens is 390 g/mol. The third kappa shape index (κ3) is 5.06. The Morgan fingerprint density at radius 1 is 1.42 bits per heavy atom. The minimum atomic E-state index is -2.92. The number of hydrogen-bond donors (Lipinski definition) is 0. The minimum Gasteiger partial charge on any atom is -0.466 e. The van der Waals surface area contributed by atoms with Crippen LogP contribution in [0.2, 0.25) is 0 Å². The van der Waals surface area contributed by atoms with Crippen LogP contribution >= 0.6 is 31.9 Å². The molecule has 1 aromatic carbocycles. The average molecular weight is 402 g/mol. The molecule has 0 fully saturated rings. The first-order valence-electron chi connectivity index (χ1n) is 5.45. The summed E-state index contributed by atoms with van der Waals surface area (Å²) in [6, 6.07) is 3.22. The van der Waals surface area contributed by atoms with Crippen LogP contribution in [-0.4, -0.2) is 19.2 Å². The first-order chi connectivity index (χ1) is 8.97. The van der Waals surface area contributed by atoms with Crippen LogP contribution < -0.4 is 4.74 Å². The van der Waals surface area contributed by atoms with E-state index in [0.717, 1.165) is 5.56 Å². The first kappa shape index (κ1) is 16.4. The van der Waals surface area contributed by atoms with Crippen molar-refractivity contribution in [1.29, 1.82) is 0 Å². The lowest BCUT2D eigenvalue weighted by Crippen LogP contribution is -2.10. The molecule has 19 heavy (non-hydrogen) atoms. The van der Waals surface area contributed by atoms with Crippen molar-refractivity contribution in [3.8, 4) is 5.75 Å². The largest absolute Gasteiger partial charge is 0.466 e. The molecule has 0 aromatic heterocycles. The van der Waals surface area contributed by atoms with Gasteiger partial charge in [0.1, 0.15) is 5.75 Å². The van der Waals surface area contributed by atoms with Crippen molar-refractivity contribution in [2.45, 2.75) is 25.3 Å². The Labute approximate surface area is 126 Å².